The predicted molar refractivity (Wildman–Crippen MR) is 113 cm³/mol. The van der Waals surface area contributed by atoms with Gasteiger partial charge in [-0.2, -0.15) is 14.7 Å². The molecule has 0 unspecified atom stereocenters. The first-order chi connectivity index (χ1) is 13.5. The first-order valence-corrected chi connectivity index (χ1v) is 10.3. The monoisotopic (exact) mass is 505 g/mol. The number of fused-ring (bicyclic) bond motifs is 2. The second-order valence-electron chi connectivity index (χ2n) is 6.45. The minimum Gasteiger partial charge on any atom is -0.275 e. The van der Waals surface area contributed by atoms with Gasteiger partial charge in [-0.1, -0.05) is 11.3 Å². The number of aryl methyl sites for hydroxylation is 2. The highest BCUT2D eigenvalue weighted by Crippen LogP contribution is 2.30. The molecule has 1 aromatic carbocycles. The zero-order valence-corrected chi connectivity index (χ0v) is 17.9. The number of hydrogen-bond donors (Lipinski definition) is 0. The first-order valence-electron chi connectivity index (χ1n) is 8.43. The number of aromatic nitrogens is 7. The van der Waals surface area contributed by atoms with Crippen molar-refractivity contribution < 1.29 is 4.39 Å². The molecule has 4 aromatic heterocycles. The van der Waals surface area contributed by atoms with Gasteiger partial charge >= 0.3 is 0 Å². The van der Waals surface area contributed by atoms with Crippen LogP contribution in [0.4, 0.5) is 4.39 Å². The molecule has 5 rings (SSSR count). The molecule has 0 saturated heterocycles. The summed E-state index contributed by atoms with van der Waals surface area (Å²) in [6.07, 6.45) is 5.67. The van der Waals surface area contributed by atoms with Crippen molar-refractivity contribution in [3.05, 3.63) is 56.5 Å². The molecule has 0 saturated carbocycles. The van der Waals surface area contributed by atoms with Crippen LogP contribution in [0.25, 0.3) is 27.0 Å². The van der Waals surface area contributed by atoms with Crippen LogP contribution in [0.15, 0.2) is 30.7 Å². The van der Waals surface area contributed by atoms with E-state index in [2.05, 4.69) is 48.0 Å². The first kappa shape index (κ1) is 17.6. The summed E-state index contributed by atoms with van der Waals surface area (Å²) in [7, 11) is 1.85. The molecule has 0 radical (unpaired) electrons. The van der Waals surface area contributed by atoms with E-state index in [-0.39, 0.29) is 5.82 Å². The van der Waals surface area contributed by atoms with Crippen LogP contribution in [0, 0.1) is 16.3 Å². The van der Waals surface area contributed by atoms with Gasteiger partial charge in [0.1, 0.15) is 10.8 Å². The molecule has 0 fully saturated rings. The molecule has 4 heterocycles. The highest BCUT2D eigenvalue weighted by atomic mass is 127. The molecule has 0 aliphatic rings. The van der Waals surface area contributed by atoms with E-state index < -0.39 is 0 Å². The molecule has 0 amide bonds. The predicted octanol–water partition coefficient (Wildman–Crippen LogP) is 3.78. The van der Waals surface area contributed by atoms with Gasteiger partial charge in [0.05, 0.1) is 11.7 Å². The Balaban J connectivity index is 1.63. The summed E-state index contributed by atoms with van der Waals surface area (Å²) < 4.78 is 19.7. The second kappa shape index (κ2) is 6.55. The summed E-state index contributed by atoms with van der Waals surface area (Å²) in [5.74, 6) is 0.329. The van der Waals surface area contributed by atoms with Crippen LogP contribution in [0.2, 0.25) is 0 Å². The maximum Gasteiger partial charge on any atom is 0.234 e. The van der Waals surface area contributed by atoms with E-state index in [9.17, 15) is 0 Å². The summed E-state index contributed by atoms with van der Waals surface area (Å²) in [6.45, 7) is 1.91. The van der Waals surface area contributed by atoms with Gasteiger partial charge in [0.25, 0.3) is 0 Å². The van der Waals surface area contributed by atoms with Crippen LogP contribution < -0.4 is 0 Å². The number of hydrogen-bond acceptors (Lipinski definition) is 6. The molecule has 0 spiro atoms. The molecule has 0 bridgehead atoms. The molecular weight excluding hydrogens is 492 g/mol. The third kappa shape index (κ3) is 2.87. The molecule has 28 heavy (non-hydrogen) atoms. The van der Waals surface area contributed by atoms with Crippen molar-refractivity contribution in [3.8, 4) is 11.1 Å². The third-order valence-electron chi connectivity index (χ3n) is 4.50. The lowest BCUT2D eigenvalue weighted by atomic mass is 10.0. The largest absolute Gasteiger partial charge is 0.275 e. The number of halogens is 2. The fraction of sp³-hybridized carbons (Fsp3) is 0.167. The van der Waals surface area contributed by atoms with Gasteiger partial charge in [-0.15, -0.1) is 10.2 Å². The maximum absolute atomic E-state index is 15.5. The van der Waals surface area contributed by atoms with Gasteiger partial charge in [0.2, 0.25) is 4.96 Å². The van der Waals surface area contributed by atoms with Crippen molar-refractivity contribution in [2.45, 2.75) is 13.3 Å². The Morgan fingerprint density at radius 1 is 1.18 bits per heavy atom. The smallest absolute Gasteiger partial charge is 0.234 e. The van der Waals surface area contributed by atoms with Crippen LogP contribution >= 0.6 is 33.9 Å². The SMILES string of the molecule is Cc1nn2c(Cc3c(I)cc4ncc(-c5cnn(C)c5)cc4c3F)nnc2s1. The zero-order valence-electron chi connectivity index (χ0n) is 14.9. The molecular formula is C18H13FIN7S. The molecule has 140 valence electrons. The lowest BCUT2D eigenvalue weighted by Crippen LogP contribution is -2.03. The Labute approximate surface area is 176 Å². The van der Waals surface area contributed by atoms with Crippen molar-refractivity contribution in [2.24, 2.45) is 7.05 Å². The fourth-order valence-electron chi connectivity index (χ4n) is 3.15. The number of rotatable bonds is 3. The van der Waals surface area contributed by atoms with Gasteiger partial charge in [-0.25, -0.2) is 4.39 Å². The average molecular weight is 505 g/mol. The lowest BCUT2D eigenvalue weighted by Gasteiger charge is -2.09. The van der Waals surface area contributed by atoms with Gasteiger partial charge in [-0.3, -0.25) is 9.67 Å². The van der Waals surface area contributed by atoms with E-state index in [1.54, 1.807) is 21.6 Å². The van der Waals surface area contributed by atoms with E-state index in [1.807, 2.05) is 32.3 Å². The van der Waals surface area contributed by atoms with E-state index >= 15 is 4.39 Å². The molecule has 0 aliphatic carbocycles. The Morgan fingerprint density at radius 3 is 2.82 bits per heavy atom. The van der Waals surface area contributed by atoms with E-state index in [1.165, 1.54) is 11.3 Å². The Kier molecular flexibility index (Phi) is 4.12. The Morgan fingerprint density at radius 2 is 2.04 bits per heavy atom. The Bertz CT molecular complexity index is 1350. The summed E-state index contributed by atoms with van der Waals surface area (Å²) in [6, 6.07) is 3.71. The number of pyridine rings is 1. The van der Waals surface area contributed by atoms with Crippen molar-refractivity contribution in [1.29, 1.82) is 0 Å². The Hall–Kier alpha value is -2.47. The van der Waals surface area contributed by atoms with Crippen LogP contribution in [0.5, 0.6) is 0 Å². The summed E-state index contributed by atoms with van der Waals surface area (Å²) in [4.78, 5) is 5.17. The summed E-state index contributed by atoms with van der Waals surface area (Å²) in [5, 5.41) is 18.3. The molecule has 10 heteroatoms. The van der Waals surface area contributed by atoms with Crippen molar-refractivity contribution in [1.82, 2.24) is 34.6 Å². The number of benzene rings is 1. The van der Waals surface area contributed by atoms with Crippen molar-refractivity contribution in [2.75, 3.05) is 0 Å². The fourth-order valence-corrected chi connectivity index (χ4v) is 4.58. The van der Waals surface area contributed by atoms with Crippen molar-refractivity contribution in [3.63, 3.8) is 0 Å². The average Bonchev–Trinajstić information content (AvgIpc) is 3.35. The molecule has 5 aromatic rings. The summed E-state index contributed by atoms with van der Waals surface area (Å²) in [5.41, 5.74) is 2.91. The van der Waals surface area contributed by atoms with Gasteiger partial charge in [-0.05, 0) is 41.6 Å². The van der Waals surface area contributed by atoms with Gasteiger partial charge < -0.3 is 0 Å². The van der Waals surface area contributed by atoms with E-state index in [4.69, 9.17) is 0 Å². The molecule has 0 aliphatic heterocycles. The highest BCUT2D eigenvalue weighted by Gasteiger charge is 2.18. The van der Waals surface area contributed by atoms with E-state index in [0.29, 0.717) is 33.7 Å². The summed E-state index contributed by atoms with van der Waals surface area (Å²) >= 11 is 3.60. The minimum atomic E-state index is -0.288. The highest BCUT2D eigenvalue weighted by molar-refractivity contribution is 14.1. The molecule has 7 nitrogen and oxygen atoms in total. The van der Waals surface area contributed by atoms with Gasteiger partial charge in [0, 0.05) is 51.5 Å². The van der Waals surface area contributed by atoms with Crippen LogP contribution in [0.1, 0.15) is 16.4 Å². The van der Waals surface area contributed by atoms with Gasteiger partial charge in [0.15, 0.2) is 5.82 Å². The quantitative estimate of drug-likeness (QED) is 0.349. The minimum absolute atomic E-state index is 0.288. The van der Waals surface area contributed by atoms with Crippen LogP contribution in [-0.4, -0.2) is 34.6 Å². The molecule has 0 N–H and O–H groups in total. The topological polar surface area (TPSA) is 73.8 Å². The van der Waals surface area contributed by atoms with E-state index in [0.717, 1.165) is 19.7 Å². The van der Waals surface area contributed by atoms with Crippen LogP contribution in [0.3, 0.4) is 0 Å². The van der Waals surface area contributed by atoms with Crippen LogP contribution in [-0.2, 0) is 13.5 Å². The standard InChI is InChI=1S/C18H13FIN7S/c1-9-25-27-16(23-24-18(27)28-9)4-12-14(20)5-15-13(17(12)19)3-10(6-21-15)11-7-22-26(2)8-11/h3,5-8H,4H2,1-2H3. The zero-order chi connectivity index (χ0) is 19.4. The van der Waals surface area contributed by atoms with Crippen molar-refractivity contribution >= 4 is 49.8 Å². The third-order valence-corrected chi connectivity index (χ3v) is 6.28. The maximum atomic E-state index is 15.5. The lowest BCUT2D eigenvalue weighted by molar-refractivity contribution is 0.621. The second-order valence-corrected chi connectivity index (χ2v) is 8.78. The normalized spacial score (nSPS) is 11.7. The number of nitrogens with zero attached hydrogens (tertiary/aromatic N) is 7. The molecule has 0 atom stereocenters.